The molecule has 5 rings (SSSR count). The third-order valence-electron chi connectivity index (χ3n) is 6.66. The van der Waals surface area contributed by atoms with E-state index in [9.17, 15) is 0 Å². The number of halogens is 1. The molecular formula is C22H27ClN2O. The molecule has 1 aliphatic carbocycles. The van der Waals surface area contributed by atoms with Crippen molar-refractivity contribution in [3.8, 4) is 5.75 Å². The van der Waals surface area contributed by atoms with Crippen molar-refractivity contribution in [2.75, 3.05) is 13.1 Å². The summed E-state index contributed by atoms with van der Waals surface area (Å²) in [5.74, 6) is 2.48. The molecule has 1 aromatic heterocycles. The van der Waals surface area contributed by atoms with Crippen molar-refractivity contribution in [3.63, 3.8) is 0 Å². The lowest BCUT2D eigenvalue weighted by Gasteiger charge is -2.38. The number of nitrogens with zero attached hydrogens (tertiary/aromatic N) is 2. The third kappa shape index (κ3) is 3.05. The predicted molar refractivity (Wildman–Crippen MR) is 105 cm³/mol. The number of hydrogen-bond donors (Lipinski definition) is 0. The van der Waals surface area contributed by atoms with E-state index in [0.717, 1.165) is 29.3 Å². The Morgan fingerprint density at radius 2 is 1.92 bits per heavy atom. The standard InChI is InChI=1S/C22H27ClN2O/c1-15(16-4-5-16)24-11-8-17(9-12-24)22-20-3-2-10-25(20)14-18-6-7-19(23)13-21(18)26-22/h2-3,6-7,10,13,15-17,22H,4-5,8-9,11-12,14H2,1H3. The molecule has 26 heavy (non-hydrogen) atoms. The van der Waals surface area contributed by atoms with Crippen LogP contribution in [0.4, 0.5) is 0 Å². The smallest absolute Gasteiger partial charge is 0.141 e. The van der Waals surface area contributed by atoms with E-state index in [4.69, 9.17) is 16.3 Å². The molecule has 3 heterocycles. The number of likely N-dealkylation sites (tertiary alicyclic amines) is 1. The average molecular weight is 371 g/mol. The van der Waals surface area contributed by atoms with E-state index in [1.165, 1.54) is 50.0 Å². The molecule has 0 N–H and O–H groups in total. The first-order valence-electron chi connectivity index (χ1n) is 10.0. The van der Waals surface area contributed by atoms with Crippen LogP contribution in [0, 0.1) is 11.8 Å². The number of piperidine rings is 1. The summed E-state index contributed by atoms with van der Waals surface area (Å²) < 4.78 is 8.94. The van der Waals surface area contributed by atoms with E-state index in [-0.39, 0.29) is 6.10 Å². The molecule has 4 heteroatoms. The highest BCUT2D eigenvalue weighted by molar-refractivity contribution is 6.30. The van der Waals surface area contributed by atoms with Gasteiger partial charge in [0.05, 0.1) is 12.2 Å². The molecule has 138 valence electrons. The molecule has 0 spiro atoms. The summed E-state index contributed by atoms with van der Waals surface area (Å²) in [5.41, 5.74) is 2.53. The van der Waals surface area contributed by atoms with Crippen LogP contribution in [0.2, 0.25) is 5.02 Å². The summed E-state index contributed by atoms with van der Waals surface area (Å²) in [7, 11) is 0. The maximum atomic E-state index is 6.59. The normalized spacial score (nSPS) is 25.1. The van der Waals surface area contributed by atoms with Crippen molar-refractivity contribution in [1.82, 2.24) is 9.47 Å². The fraction of sp³-hybridized carbons (Fsp3) is 0.545. The molecule has 1 aromatic carbocycles. The fourth-order valence-electron chi connectivity index (χ4n) is 4.82. The topological polar surface area (TPSA) is 17.4 Å². The molecule has 2 aromatic rings. The minimum absolute atomic E-state index is 0.128. The van der Waals surface area contributed by atoms with Gasteiger partial charge in [-0.2, -0.15) is 0 Å². The minimum Gasteiger partial charge on any atom is -0.484 e. The Kier molecular flexibility index (Phi) is 4.25. The first-order valence-corrected chi connectivity index (χ1v) is 10.4. The molecule has 3 nitrogen and oxygen atoms in total. The van der Waals surface area contributed by atoms with E-state index in [0.29, 0.717) is 5.92 Å². The highest BCUT2D eigenvalue weighted by atomic mass is 35.5. The van der Waals surface area contributed by atoms with E-state index in [1.807, 2.05) is 12.1 Å². The van der Waals surface area contributed by atoms with E-state index in [1.54, 1.807) is 0 Å². The van der Waals surface area contributed by atoms with Gasteiger partial charge in [0, 0.05) is 28.7 Å². The summed E-state index contributed by atoms with van der Waals surface area (Å²) in [5, 5.41) is 0.752. The third-order valence-corrected chi connectivity index (χ3v) is 6.90. The summed E-state index contributed by atoms with van der Waals surface area (Å²) in [6, 6.07) is 11.2. The van der Waals surface area contributed by atoms with Gasteiger partial charge in [-0.1, -0.05) is 17.7 Å². The minimum atomic E-state index is 0.128. The molecule has 2 unspecified atom stereocenters. The number of rotatable bonds is 3. The van der Waals surface area contributed by atoms with Gasteiger partial charge in [-0.25, -0.2) is 0 Å². The summed E-state index contributed by atoms with van der Waals surface area (Å²) in [6.07, 6.45) is 7.59. The zero-order valence-electron chi connectivity index (χ0n) is 15.4. The van der Waals surface area contributed by atoms with Gasteiger partial charge in [-0.05, 0) is 75.9 Å². The number of hydrogen-bond acceptors (Lipinski definition) is 2. The Labute approximate surface area is 160 Å². The largest absolute Gasteiger partial charge is 0.484 e. The highest BCUT2D eigenvalue weighted by Gasteiger charge is 2.37. The molecule has 0 amide bonds. The Bertz CT molecular complexity index is 789. The van der Waals surface area contributed by atoms with Crippen LogP contribution < -0.4 is 4.74 Å². The van der Waals surface area contributed by atoms with Gasteiger partial charge in [0.2, 0.25) is 0 Å². The zero-order valence-corrected chi connectivity index (χ0v) is 16.2. The average Bonchev–Trinajstić information content (AvgIpc) is 3.43. The van der Waals surface area contributed by atoms with Gasteiger partial charge < -0.3 is 14.2 Å². The molecular weight excluding hydrogens is 344 g/mol. The van der Waals surface area contributed by atoms with Crippen molar-refractivity contribution in [2.45, 2.75) is 51.3 Å². The lowest BCUT2D eigenvalue weighted by molar-refractivity contribution is 0.0563. The van der Waals surface area contributed by atoms with Crippen molar-refractivity contribution in [1.29, 1.82) is 0 Å². The van der Waals surface area contributed by atoms with Gasteiger partial charge in [0.1, 0.15) is 11.9 Å². The van der Waals surface area contributed by atoms with Crippen molar-refractivity contribution in [2.24, 2.45) is 11.8 Å². The van der Waals surface area contributed by atoms with Crippen molar-refractivity contribution in [3.05, 3.63) is 52.8 Å². The Hall–Kier alpha value is -1.45. The van der Waals surface area contributed by atoms with Gasteiger partial charge in [-0.15, -0.1) is 0 Å². The molecule has 0 bridgehead atoms. The van der Waals surface area contributed by atoms with Gasteiger partial charge in [-0.3, -0.25) is 0 Å². The first kappa shape index (κ1) is 16.7. The Morgan fingerprint density at radius 3 is 2.69 bits per heavy atom. The Balaban J connectivity index is 1.38. The van der Waals surface area contributed by atoms with Crippen LogP contribution in [0.3, 0.4) is 0 Å². The van der Waals surface area contributed by atoms with Crippen molar-refractivity contribution >= 4 is 11.6 Å². The van der Waals surface area contributed by atoms with E-state index in [2.05, 4.69) is 40.8 Å². The highest BCUT2D eigenvalue weighted by Crippen LogP contribution is 2.41. The predicted octanol–water partition coefficient (Wildman–Crippen LogP) is 5.13. The first-order chi connectivity index (χ1) is 12.7. The number of aromatic nitrogens is 1. The van der Waals surface area contributed by atoms with Crippen LogP contribution in [0.5, 0.6) is 5.75 Å². The molecule has 0 radical (unpaired) electrons. The van der Waals surface area contributed by atoms with Crippen LogP contribution in [-0.2, 0) is 6.54 Å². The molecule has 1 saturated heterocycles. The molecule has 2 atom stereocenters. The molecule has 1 saturated carbocycles. The summed E-state index contributed by atoms with van der Waals surface area (Å²) in [4.78, 5) is 2.70. The van der Waals surface area contributed by atoms with Crippen LogP contribution in [0.1, 0.15) is 50.0 Å². The number of ether oxygens (including phenoxy) is 1. The SMILES string of the molecule is CC(C1CC1)N1CCC(C2Oc3cc(Cl)ccc3Cn3cccc32)CC1. The summed E-state index contributed by atoms with van der Waals surface area (Å²) >= 11 is 6.24. The molecule has 2 aliphatic heterocycles. The fourth-order valence-corrected chi connectivity index (χ4v) is 4.99. The quantitative estimate of drug-likeness (QED) is 0.744. The van der Waals surface area contributed by atoms with E-state index >= 15 is 0 Å². The maximum absolute atomic E-state index is 6.59. The van der Waals surface area contributed by atoms with Crippen LogP contribution in [0.25, 0.3) is 0 Å². The number of fused-ring (bicyclic) bond motifs is 2. The lowest BCUT2D eigenvalue weighted by atomic mass is 9.88. The van der Waals surface area contributed by atoms with Crippen LogP contribution in [-0.4, -0.2) is 28.6 Å². The monoisotopic (exact) mass is 370 g/mol. The Morgan fingerprint density at radius 1 is 1.12 bits per heavy atom. The van der Waals surface area contributed by atoms with Crippen LogP contribution in [0.15, 0.2) is 36.5 Å². The van der Waals surface area contributed by atoms with E-state index < -0.39 is 0 Å². The van der Waals surface area contributed by atoms with Gasteiger partial charge in [0.25, 0.3) is 0 Å². The second-order valence-corrected chi connectivity index (χ2v) is 8.74. The number of benzene rings is 1. The lowest BCUT2D eigenvalue weighted by Crippen LogP contribution is -2.42. The maximum Gasteiger partial charge on any atom is 0.141 e. The second kappa shape index (κ2) is 6.61. The van der Waals surface area contributed by atoms with Gasteiger partial charge >= 0.3 is 0 Å². The molecule has 3 aliphatic rings. The summed E-state index contributed by atoms with van der Waals surface area (Å²) in [6.45, 7) is 5.68. The second-order valence-electron chi connectivity index (χ2n) is 8.30. The van der Waals surface area contributed by atoms with Gasteiger partial charge in [0.15, 0.2) is 0 Å². The zero-order chi connectivity index (χ0) is 17.7. The molecule has 2 fully saturated rings. The van der Waals surface area contributed by atoms with Crippen molar-refractivity contribution < 1.29 is 4.74 Å². The van der Waals surface area contributed by atoms with Crippen LogP contribution >= 0.6 is 11.6 Å².